The molecule has 3 heterocycles. The molecule has 4 aromatic rings. The molecule has 4 rings (SSSR count). The highest BCUT2D eigenvalue weighted by Crippen LogP contribution is 2.24. The van der Waals surface area contributed by atoms with Gasteiger partial charge in [-0.25, -0.2) is 9.13 Å². The van der Waals surface area contributed by atoms with E-state index in [2.05, 4.69) is 25.0 Å². The average molecular weight is 803 g/mol. The Morgan fingerprint density at radius 1 is 0.825 bits per heavy atom. The van der Waals surface area contributed by atoms with Gasteiger partial charge >= 0.3 is 5.65 Å². The number of amides is 1. The van der Waals surface area contributed by atoms with Gasteiger partial charge in [0.25, 0.3) is 6.01 Å². The van der Waals surface area contributed by atoms with Gasteiger partial charge in [0.1, 0.15) is 11.2 Å². The number of imidazole rings is 1. The number of anilines is 2. The first-order valence-corrected chi connectivity index (χ1v) is 19.0. The van der Waals surface area contributed by atoms with Crippen molar-refractivity contribution in [3.63, 3.8) is 0 Å². The zero-order chi connectivity index (χ0) is 40.3. The van der Waals surface area contributed by atoms with E-state index in [1.165, 1.54) is 6.33 Å². The number of aromatic nitrogens is 5. The van der Waals surface area contributed by atoms with Gasteiger partial charge in [0.05, 0.1) is 119 Å². The molecule has 0 fully saturated rings. The molecule has 0 saturated heterocycles. The van der Waals surface area contributed by atoms with Crippen molar-refractivity contribution < 1.29 is 51.7 Å². The Labute approximate surface area is 331 Å². The van der Waals surface area contributed by atoms with Gasteiger partial charge < -0.3 is 58.7 Å². The number of aryl methyl sites for hydroxylation is 1. The van der Waals surface area contributed by atoms with Crippen LogP contribution in [0.15, 0.2) is 40.4 Å². The Kier molecular flexibility index (Phi) is 21.3. The summed E-state index contributed by atoms with van der Waals surface area (Å²) in [6.45, 7) is 8.72. The normalized spacial score (nSPS) is 11.5. The SMILES string of the molecule is CN(CCCC[n+]1cn(-c2ccc3oc(N)nc3c2)c2c(N)ncnc21)C(=O)CCOCCOCCOCCOCCOCCOCCOCCOCCN=[N+]=[N-]. The molecule has 0 aliphatic rings. The molecule has 1 aromatic carbocycles. The minimum absolute atomic E-state index is 0.0265. The van der Waals surface area contributed by atoms with E-state index in [1.807, 2.05) is 33.7 Å². The second-order valence-electron chi connectivity index (χ2n) is 12.4. The number of fused-ring (bicyclic) bond motifs is 2. The van der Waals surface area contributed by atoms with E-state index in [0.29, 0.717) is 160 Å². The van der Waals surface area contributed by atoms with Gasteiger partial charge in [0.15, 0.2) is 24.1 Å². The molecule has 0 aliphatic carbocycles. The number of nitrogens with zero attached hydrogens (tertiary/aromatic N) is 9. The first-order chi connectivity index (χ1) is 28.0. The second kappa shape index (κ2) is 27.0. The first kappa shape index (κ1) is 45.0. The number of unbranched alkanes of at least 4 members (excludes halogenated alkanes) is 1. The Balaban J connectivity index is 0.920. The van der Waals surface area contributed by atoms with Crippen LogP contribution < -0.4 is 16.0 Å². The van der Waals surface area contributed by atoms with Gasteiger partial charge in [0.2, 0.25) is 11.4 Å². The molecule has 57 heavy (non-hydrogen) atoms. The number of carbonyl (C=O) groups excluding carboxylic acids is 1. The highest BCUT2D eigenvalue weighted by molar-refractivity contribution is 5.83. The summed E-state index contributed by atoms with van der Waals surface area (Å²) in [4.78, 5) is 29.9. The second-order valence-corrected chi connectivity index (χ2v) is 12.4. The molecule has 21 nitrogen and oxygen atoms in total. The molecule has 0 atom stereocenters. The molecule has 314 valence electrons. The highest BCUT2D eigenvalue weighted by Gasteiger charge is 2.22. The number of nitrogens with two attached hydrogens (primary N) is 2. The Bertz CT molecular complexity index is 1790. The van der Waals surface area contributed by atoms with Crippen LogP contribution in [-0.4, -0.2) is 156 Å². The van der Waals surface area contributed by atoms with Gasteiger partial charge in [-0.15, -0.1) is 0 Å². The van der Waals surface area contributed by atoms with Crippen molar-refractivity contribution >= 4 is 40.0 Å². The summed E-state index contributed by atoms with van der Waals surface area (Å²) in [6, 6.07) is 5.69. The third-order valence-electron chi connectivity index (χ3n) is 8.30. The van der Waals surface area contributed by atoms with E-state index in [-0.39, 0.29) is 11.9 Å². The number of hydrogen-bond donors (Lipinski definition) is 2. The zero-order valence-corrected chi connectivity index (χ0v) is 32.7. The molecule has 0 spiro atoms. The fourth-order valence-electron chi connectivity index (χ4n) is 5.42. The van der Waals surface area contributed by atoms with Crippen LogP contribution in [0.4, 0.5) is 11.8 Å². The molecule has 1 amide bonds. The number of oxazole rings is 1. The fourth-order valence-corrected chi connectivity index (χ4v) is 5.42. The van der Waals surface area contributed by atoms with E-state index >= 15 is 0 Å². The van der Waals surface area contributed by atoms with Crippen LogP contribution in [0, 0.1) is 0 Å². The lowest BCUT2D eigenvalue weighted by molar-refractivity contribution is -0.674. The molecule has 21 heteroatoms. The monoisotopic (exact) mass is 802 g/mol. The van der Waals surface area contributed by atoms with Crippen molar-refractivity contribution in [1.29, 1.82) is 0 Å². The van der Waals surface area contributed by atoms with Gasteiger partial charge in [-0.3, -0.25) is 4.79 Å². The minimum Gasteiger partial charge on any atom is -0.424 e. The quantitative estimate of drug-likeness (QED) is 0.0230. The molecular weight excluding hydrogens is 746 g/mol. The Hall–Kier alpha value is -4.70. The van der Waals surface area contributed by atoms with E-state index in [4.69, 9.17) is 59.3 Å². The topological polar surface area (TPSA) is 256 Å². The predicted octanol–water partition coefficient (Wildman–Crippen LogP) is 2.09. The summed E-state index contributed by atoms with van der Waals surface area (Å²) in [7, 11) is 1.81. The molecule has 0 bridgehead atoms. The third-order valence-corrected chi connectivity index (χ3v) is 8.30. The number of carbonyl (C=O) groups is 1. The van der Waals surface area contributed by atoms with Gasteiger partial charge in [0, 0.05) is 31.1 Å². The van der Waals surface area contributed by atoms with Crippen LogP contribution in [0.25, 0.3) is 38.4 Å². The van der Waals surface area contributed by atoms with Crippen molar-refractivity contribution in [2.75, 3.05) is 137 Å². The zero-order valence-electron chi connectivity index (χ0n) is 32.7. The summed E-state index contributed by atoms with van der Waals surface area (Å²) in [5.74, 6) is 0.390. The molecular formula is C36H56N11O10+. The van der Waals surface area contributed by atoms with Crippen molar-refractivity contribution in [3.05, 3.63) is 41.3 Å². The van der Waals surface area contributed by atoms with Crippen molar-refractivity contribution in [3.8, 4) is 5.69 Å². The fraction of sp³-hybridized carbons (Fsp3) is 0.639. The summed E-state index contributed by atoms with van der Waals surface area (Å²) >= 11 is 0. The maximum Gasteiger partial charge on any atom is 0.307 e. The third kappa shape index (κ3) is 16.7. The predicted molar refractivity (Wildman–Crippen MR) is 208 cm³/mol. The summed E-state index contributed by atoms with van der Waals surface area (Å²) in [5, 5.41) is 3.38. The highest BCUT2D eigenvalue weighted by atomic mass is 16.6. The van der Waals surface area contributed by atoms with Crippen LogP contribution in [0.3, 0.4) is 0 Å². The van der Waals surface area contributed by atoms with E-state index in [9.17, 15) is 4.79 Å². The van der Waals surface area contributed by atoms with Gasteiger partial charge in [-0.1, -0.05) is 10.1 Å². The lowest BCUT2D eigenvalue weighted by Gasteiger charge is -2.17. The van der Waals surface area contributed by atoms with Crippen LogP contribution in [-0.2, 0) is 49.2 Å². The number of benzene rings is 1. The number of hydrogen-bond acceptors (Lipinski definition) is 16. The van der Waals surface area contributed by atoms with Crippen molar-refractivity contribution in [1.82, 2.24) is 24.4 Å². The lowest BCUT2D eigenvalue weighted by Crippen LogP contribution is -2.34. The largest absolute Gasteiger partial charge is 0.424 e. The molecule has 4 N–H and O–H groups in total. The Morgan fingerprint density at radius 3 is 1.96 bits per heavy atom. The molecule has 0 radical (unpaired) electrons. The standard InChI is InChI=1S/C36H56N11O10/c1-45(8-2-3-9-46-28-47(33-34(37)40-27-41-35(33)46)29-4-5-31-30(26-29)43-36(38)57-31)32(48)6-10-49-12-14-51-16-18-53-20-22-55-24-25-56-23-21-54-19-17-52-15-13-50-11-7-42-44-39/h4-5,26-28H,2-3,6-25H2,1H3,(H2,38,43)(H2,37,40,41)/q+1. The van der Waals surface area contributed by atoms with Crippen LogP contribution >= 0.6 is 0 Å². The maximum absolute atomic E-state index is 12.6. The smallest absolute Gasteiger partial charge is 0.307 e. The minimum atomic E-state index is 0.0265. The molecule has 3 aromatic heterocycles. The van der Waals surface area contributed by atoms with Crippen molar-refractivity contribution in [2.45, 2.75) is 25.8 Å². The van der Waals surface area contributed by atoms with Crippen LogP contribution in [0.5, 0.6) is 0 Å². The average Bonchev–Trinajstić information content (AvgIpc) is 3.78. The van der Waals surface area contributed by atoms with Gasteiger partial charge in [-0.2, -0.15) is 9.97 Å². The summed E-state index contributed by atoms with van der Waals surface area (Å²) in [6.07, 6.45) is 5.32. The Morgan fingerprint density at radius 2 is 1.39 bits per heavy atom. The van der Waals surface area contributed by atoms with Crippen LogP contribution in [0.1, 0.15) is 19.3 Å². The number of rotatable bonds is 33. The maximum atomic E-state index is 12.6. The lowest BCUT2D eigenvalue weighted by atomic mass is 10.2. The number of ether oxygens (including phenoxy) is 8. The number of azide groups is 1. The molecule has 0 unspecified atom stereocenters. The van der Waals surface area contributed by atoms with Crippen molar-refractivity contribution in [2.24, 2.45) is 5.11 Å². The summed E-state index contributed by atoms with van der Waals surface area (Å²) in [5.41, 5.74) is 23.6. The van der Waals surface area contributed by atoms with Crippen LogP contribution in [0.2, 0.25) is 0 Å². The van der Waals surface area contributed by atoms with E-state index in [0.717, 1.165) is 18.5 Å². The molecule has 0 saturated carbocycles. The van der Waals surface area contributed by atoms with E-state index in [1.54, 1.807) is 11.9 Å². The van der Waals surface area contributed by atoms with Gasteiger partial charge in [-0.05, 0) is 30.5 Å². The first-order valence-electron chi connectivity index (χ1n) is 19.0. The molecule has 0 aliphatic heterocycles. The number of nitrogen functional groups attached to an aromatic ring is 2. The van der Waals surface area contributed by atoms with E-state index < -0.39 is 0 Å². The summed E-state index contributed by atoms with van der Waals surface area (Å²) < 4.78 is 53.0.